The minimum Gasteiger partial charge on any atom is -0.385 e. The number of rotatable bonds is 6. The number of piperazine rings is 1. The average molecular weight is 242 g/mol. The van der Waals surface area contributed by atoms with Gasteiger partial charge >= 0.3 is 0 Å². The van der Waals surface area contributed by atoms with Gasteiger partial charge in [-0.15, -0.1) is 0 Å². The standard InChI is InChI=1S/C14H30N2O/c1-6-13(3)12-16(9-8-10-17-5)14(4,7-2)11-15-13/h15H,6-12H2,1-5H3. The van der Waals surface area contributed by atoms with E-state index in [0.29, 0.717) is 5.54 Å². The molecule has 0 aromatic rings. The van der Waals surface area contributed by atoms with Crippen LogP contribution < -0.4 is 5.32 Å². The fourth-order valence-corrected chi connectivity index (χ4v) is 2.52. The first-order valence-corrected chi connectivity index (χ1v) is 6.98. The summed E-state index contributed by atoms with van der Waals surface area (Å²) in [4.78, 5) is 2.66. The summed E-state index contributed by atoms with van der Waals surface area (Å²) < 4.78 is 5.17. The topological polar surface area (TPSA) is 24.5 Å². The van der Waals surface area contributed by atoms with Gasteiger partial charge in [0.05, 0.1) is 0 Å². The van der Waals surface area contributed by atoms with Crippen LogP contribution in [0.15, 0.2) is 0 Å². The SMILES string of the molecule is CCC1(C)CN(CCCOC)C(C)(CC)CN1. The van der Waals surface area contributed by atoms with Crippen molar-refractivity contribution in [1.29, 1.82) is 0 Å². The van der Waals surface area contributed by atoms with E-state index in [4.69, 9.17) is 4.74 Å². The molecule has 0 radical (unpaired) electrons. The molecule has 1 heterocycles. The third kappa shape index (κ3) is 3.67. The average Bonchev–Trinajstić information content (AvgIpc) is 2.34. The summed E-state index contributed by atoms with van der Waals surface area (Å²) in [6.07, 6.45) is 3.52. The Morgan fingerprint density at radius 3 is 2.47 bits per heavy atom. The van der Waals surface area contributed by atoms with Crippen LogP contribution in [0.3, 0.4) is 0 Å². The molecule has 0 spiro atoms. The molecule has 102 valence electrons. The van der Waals surface area contributed by atoms with E-state index in [2.05, 4.69) is 37.9 Å². The summed E-state index contributed by atoms with van der Waals surface area (Å²) in [6.45, 7) is 13.5. The highest BCUT2D eigenvalue weighted by Crippen LogP contribution is 2.28. The van der Waals surface area contributed by atoms with Gasteiger partial charge in [-0.25, -0.2) is 0 Å². The minimum atomic E-state index is 0.280. The van der Waals surface area contributed by atoms with Gasteiger partial charge in [0.1, 0.15) is 0 Å². The fourth-order valence-electron chi connectivity index (χ4n) is 2.52. The molecule has 1 rings (SSSR count). The maximum atomic E-state index is 5.17. The van der Waals surface area contributed by atoms with Crippen molar-refractivity contribution in [1.82, 2.24) is 10.2 Å². The van der Waals surface area contributed by atoms with Crippen LogP contribution in [0.4, 0.5) is 0 Å². The van der Waals surface area contributed by atoms with E-state index in [0.717, 1.165) is 32.7 Å². The summed E-state index contributed by atoms with van der Waals surface area (Å²) in [7, 11) is 1.78. The number of nitrogens with zero attached hydrogens (tertiary/aromatic N) is 1. The third-order valence-electron chi connectivity index (χ3n) is 4.52. The van der Waals surface area contributed by atoms with E-state index in [-0.39, 0.29) is 5.54 Å². The lowest BCUT2D eigenvalue weighted by Crippen LogP contribution is -2.67. The second-order valence-electron chi connectivity index (χ2n) is 5.89. The van der Waals surface area contributed by atoms with E-state index < -0.39 is 0 Å². The minimum absolute atomic E-state index is 0.280. The predicted octanol–water partition coefficient (Wildman–Crippen LogP) is 2.27. The van der Waals surface area contributed by atoms with Crippen LogP contribution in [0, 0.1) is 0 Å². The van der Waals surface area contributed by atoms with Gasteiger partial charge in [-0.05, 0) is 33.1 Å². The van der Waals surface area contributed by atoms with Gasteiger partial charge in [-0.3, -0.25) is 4.90 Å². The highest BCUT2D eigenvalue weighted by molar-refractivity contribution is 5.00. The zero-order chi connectivity index (χ0) is 12.9. The lowest BCUT2D eigenvalue weighted by atomic mass is 9.85. The maximum absolute atomic E-state index is 5.17. The summed E-state index contributed by atoms with van der Waals surface area (Å²) in [5, 5.41) is 3.73. The van der Waals surface area contributed by atoms with Crippen LogP contribution in [0.1, 0.15) is 47.0 Å². The van der Waals surface area contributed by atoms with E-state index in [9.17, 15) is 0 Å². The normalized spacial score (nSPS) is 35.1. The third-order valence-corrected chi connectivity index (χ3v) is 4.52. The molecule has 3 nitrogen and oxygen atoms in total. The number of methoxy groups -OCH3 is 1. The number of hydrogen-bond donors (Lipinski definition) is 1. The Morgan fingerprint density at radius 1 is 1.24 bits per heavy atom. The molecule has 0 bridgehead atoms. The van der Waals surface area contributed by atoms with Crippen molar-refractivity contribution in [3.63, 3.8) is 0 Å². The first-order valence-electron chi connectivity index (χ1n) is 6.98. The van der Waals surface area contributed by atoms with Gasteiger partial charge in [-0.2, -0.15) is 0 Å². The molecule has 1 saturated heterocycles. The van der Waals surface area contributed by atoms with E-state index >= 15 is 0 Å². The Morgan fingerprint density at radius 2 is 1.94 bits per heavy atom. The fraction of sp³-hybridized carbons (Fsp3) is 1.00. The largest absolute Gasteiger partial charge is 0.385 e. The zero-order valence-electron chi connectivity index (χ0n) is 12.3. The molecule has 0 aromatic heterocycles. The molecule has 0 aliphatic carbocycles. The summed E-state index contributed by atoms with van der Waals surface area (Å²) in [6, 6.07) is 0. The molecular formula is C14H30N2O. The molecule has 0 aromatic carbocycles. The van der Waals surface area contributed by atoms with Gasteiger partial charge in [0.25, 0.3) is 0 Å². The van der Waals surface area contributed by atoms with E-state index in [1.807, 2.05) is 0 Å². The number of hydrogen-bond acceptors (Lipinski definition) is 3. The Hall–Kier alpha value is -0.120. The zero-order valence-corrected chi connectivity index (χ0v) is 12.3. The highest BCUT2D eigenvalue weighted by Gasteiger charge is 2.40. The predicted molar refractivity (Wildman–Crippen MR) is 73.5 cm³/mol. The molecule has 1 aliphatic rings. The van der Waals surface area contributed by atoms with Gasteiger partial charge in [0, 0.05) is 44.4 Å². The molecule has 1 aliphatic heterocycles. The molecule has 0 saturated carbocycles. The van der Waals surface area contributed by atoms with Gasteiger partial charge < -0.3 is 10.1 Å². The van der Waals surface area contributed by atoms with Crippen LogP contribution in [0.5, 0.6) is 0 Å². The van der Waals surface area contributed by atoms with Crippen molar-refractivity contribution in [2.45, 2.75) is 58.0 Å². The first kappa shape index (κ1) is 14.9. The molecular weight excluding hydrogens is 212 g/mol. The van der Waals surface area contributed by atoms with Crippen molar-refractivity contribution in [2.75, 3.05) is 33.4 Å². The van der Waals surface area contributed by atoms with Crippen LogP contribution >= 0.6 is 0 Å². The van der Waals surface area contributed by atoms with Crippen LogP contribution in [0.25, 0.3) is 0 Å². The maximum Gasteiger partial charge on any atom is 0.0474 e. The second kappa shape index (κ2) is 6.17. The molecule has 1 N–H and O–H groups in total. The first-order chi connectivity index (χ1) is 7.99. The highest BCUT2D eigenvalue weighted by atomic mass is 16.5. The van der Waals surface area contributed by atoms with Crippen molar-refractivity contribution in [3.8, 4) is 0 Å². The Labute approximate surface area is 107 Å². The Bertz CT molecular complexity index is 234. The van der Waals surface area contributed by atoms with Crippen LogP contribution in [0.2, 0.25) is 0 Å². The van der Waals surface area contributed by atoms with Gasteiger partial charge in [-0.1, -0.05) is 13.8 Å². The second-order valence-corrected chi connectivity index (χ2v) is 5.89. The number of nitrogens with one attached hydrogen (secondary N) is 1. The van der Waals surface area contributed by atoms with Gasteiger partial charge in [0.2, 0.25) is 0 Å². The summed E-state index contributed by atoms with van der Waals surface area (Å²) in [5.74, 6) is 0. The summed E-state index contributed by atoms with van der Waals surface area (Å²) >= 11 is 0. The van der Waals surface area contributed by atoms with Crippen molar-refractivity contribution in [2.24, 2.45) is 0 Å². The molecule has 17 heavy (non-hydrogen) atoms. The summed E-state index contributed by atoms with van der Waals surface area (Å²) in [5.41, 5.74) is 0.587. The quantitative estimate of drug-likeness (QED) is 0.723. The van der Waals surface area contributed by atoms with Gasteiger partial charge in [0.15, 0.2) is 0 Å². The molecule has 0 amide bonds. The van der Waals surface area contributed by atoms with E-state index in [1.165, 1.54) is 12.8 Å². The molecule has 1 fully saturated rings. The smallest absolute Gasteiger partial charge is 0.0474 e. The number of ether oxygens (including phenoxy) is 1. The van der Waals surface area contributed by atoms with E-state index in [1.54, 1.807) is 7.11 Å². The lowest BCUT2D eigenvalue weighted by Gasteiger charge is -2.52. The molecule has 2 unspecified atom stereocenters. The lowest BCUT2D eigenvalue weighted by molar-refractivity contribution is 0.0115. The van der Waals surface area contributed by atoms with Crippen LogP contribution in [-0.4, -0.2) is 49.3 Å². The van der Waals surface area contributed by atoms with Crippen LogP contribution in [-0.2, 0) is 4.74 Å². The molecule has 3 heteroatoms. The van der Waals surface area contributed by atoms with Crippen molar-refractivity contribution >= 4 is 0 Å². The van der Waals surface area contributed by atoms with Crippen molar-refractivity contribution < 1.29 is 4.74 Å². The molecule has 2 atom stereocenters. The Kier molecular flexibility index (Phi) is 5.42. The monoisotopic (exact) mass is 242 g/mol. The van der Waals surface area contributed by atoms with Crippen molar-refractivity contribution in [3.05, 3.63) is 0 Å². The Balaban J connectivity index is 2.63.